The molecule has 0 aromatic carbocycles. The molecule has 1 aliphatic rings. The van der Waals surface area contributed by atoms with Gasteiger partial charge in [-0.15, -0.1) is 0 Å². The van der Waals surface area contributed by atoms with E-state index < -0.39 is 7.82 Å². The highest BCUT2D eigenvalue weighted by atomic mass is 35.5. The summed E-state index contributed by atoms with van der Waals surface area (Å²) < 4.78 is 34.0. The van der Waals surface area contributed by atoms with Crippen molar-refractivity contribution in [1.82, 2.24) is 0 Å². The van der Waals surface area contributed by atoms with Crippen LogP contribution in [0.1, 0.15) is 25.7 Å². The number of halogens is 2. The topological polar surface area (TPSA) is 44.8 Å². The summed E-state index contributed by atoms with van der Waals surface area (Å²) in [6, 6.07) is 0. The predicted octanol–water partition coefficient (Wildman–Crippen LogP) is 3.13. The van der Waals surface area contributed by atoms with Crippen LogP contribution in [-0.4, -0.2) is 6.10 Å². The van der Waals surface area contributed by atoms with E-state index in [1.54, 1.807) is 0 Å². The fourth-order valence-electron chi connectivity index (χ4n) is 1.22. The van der Waals surface area contributed by atoms with Gasteiger partial charge in [0.15, 0.2) is 0 Å². The van der Waals surface area contributed by atoms with E-state index in [0.717, 1.165) is 25.7 Å². The maximum atomic E-state index is 11.6. The minimum Gasteiger partial charge on any atom is -0.281 e. The molecule has 0 saturated heterocycles. The summed E-state index contributed by atoms with van der Waals surface area (Å²) in [5.41, 5.74) is 0. The third-order valence-electron chi connectivity index (χ3n) is 1.75. The van der Waals surface area contributed by atoms with Gasteiger partial charge in [0.05, 0.1) is 18.0 Å². The molecule has 4 nitrogen and oxygen atoms in total. The molecule has 1 unspecified atom stereocenters. The summed E-state index contributed by atoms with van der Waals surface area (Å²) in [7, 11) is -4.13. The molecule has 72 valence electrons. The van der Waals surface area contributed by atoms with Crippen LogP contribution < -0.4 is 0 Å². The minimum atomic E-state index is -4.13. The highest BCUT2D eigenvalue weighted by Gasteiger charge is 2.33. The van der Waals surface area contributed by atoms with Crippen molar-refractivity contribution >= 4 is 19.7 Å². The van der Waals surface area contributed by atoms with Gasteiger partial charge in [0.2, 0.25) is 0 Å². The van der Waals surface area contributed by atoms with Crippen LogP contribution in [0.3, 0.4) is 0 Å². The lowest BCUT2D eigenvalue weighted by Gasteiger charge is -2.13. The lowest BCUT2D eigenvalue weighted by Crippen LogP contribution is -2.05. The summed E-state index contributed by atoms with van der Waals surface area (Å²) in [5, 5.41) is 0. The molecule has 0 bridgehead atoms. The van der Waals surface area contributed by atoms with E-state index in [9.17, 15) is 9.09 Å². The zero-order chi connectivity index (χ0) is 9.03. The Hall–Kier alpha value is 0.330. The molecule has 0 spiro atoms. The van der Waals surface area contributed by atoms with Crippen molar-refractivity contribution in [3.05, 3.63) is 0 Å². The van der Waals surface area contributed by atoms with Gasteiger partial charge in [-0.2, -0.15) is 4.08 Å². The van der Waals surface area contributed by atoms with Crippen LogP contribution in [0, 0.1) is 0 Å². The second-order valence-electron chi connectivity index (χ2n) is 2.60. The summed E-state index contributed by atoms with van der Waals surface area (Å²) in [6.07, 6.45) is 3.13. The molecule has 0 radical (unpaired) electrons. The van der Waals surface area contributed by atoms with Gasteiger partial charge in [-0.05, 0) is 17.4 Å². The predicted molar refractivity (Wildman–Crippen MR) is 40.1 cm³/mol. The molecule has 1 aliphatic carbocycles. The van der Waals surface area contributed by atoms with E-state index in [1.165, 1.54) is 0 Å². The molecule has 0 aliphatic heterocycles. The highest BCUT2D eigenvalue weighted by molar-refractivity contribution is 7.49. The molecule has 0 heterocycles. The first kappa shape index (κ1) is 10.4. The molecule has 0 N–H and O–H groups in total. The lowest BCUT2D eigenvalue weighted by molar-refractivity contribution is -0.0517. The van der Waals surface area contributed by atoms with E-state index in [0.29, 0.717) is 0 Å². The zero-order valence-electron chi connectivity index (χ0n) is 6.24. The van der Waals surface area contributed by atoms with Crippen LogP contribution in [0.25, 0.3) is 0 Å². The Morgan fingerprint density at radius 2 is 2.00 bits per heavy atom. The van der Waals surface area contributed by atoms with Gasteiger partial charge < -0.3 is 0 Å². The molecule has 0 aromatic heterocycles. The highest BCUT2D eigenvalue weighted by Crippen LogP contribution is 2.53. The van der Waals surface area contributed by atoms with Crippen LogP contribution >= 0.6 is 19.7 Å². The Bertz CT molecular complexity index is 176. The Balaban J connectivity index is 2.41. The van der Waals surface area contributed by atoms with Crippen LogP contribution in [0.4, 0.5) is 4.53 Å². The molecule has 1 atom stereocenters. The summed E-state index contributed by atoms with van der Waals surface area (Å²) in [6.45, 7) is 0. The summed E-state index contributed by atoms with van der Waals surface area (Å²) in [5.74, 6) is 0. The van der Waals surface area contributed by atoms with Gasteiger partial charge in [0.1, 0.15) is 0 Å². The van der Waals surface area contributed by atoms with Crippen molar-refractivity contribution in [2.45, 2.75) is 31.8 Å². The second kappa shape index (κ2) is 4.53. The molecule has 1 rings (SSSR count). The smallest absolute Gasteiger partial charge is 0.281 e. The van der Waals surface area contributed by atoms with Crippen LogP contribution in [0.2, 0.25) is 0 Å². The van der Waals surface area contributed by atoms with E-state index in [4.69, 9.17) is 16.4 Å². The first-order chi connectivity index (χ1) is 5.70. The van der Waals surface area contributed by atoms with Gasteiger partial charge in [0.25, 0.3) is 0 Å². The fourth-order valence-corrected chi connectivity index (χ4v) is 2.04. The molecule has 7 heteroatoms. The van der Waals surface area contributed by atoms with Crippen LogP contribution in [0.15, 0.2) is 0 Å². The molecular formula is C5H9ClFO4P. The molecule has 1 fully saturated rings. The third-order valence-corrected chi connectivity index (χ3v) is 3.15. The maximum absolute atomic E-state index is 11.6. The van der Waals surface area contributed by atoms with Gasteiger partial charge in [0, 0.05) is 0 Å². The number of rotatable bonds is 4. The van der Waals surface area contributed by atoms with Crippen molar-refractivity contribution in [2.75, 3.05) is 0 Å². The van der Waals surface area contributed by atoms with Crippen molar-refractivity contribution in [3.63, 3.8) is 0 Å². The minimum absolute atomic E-state index is 0.273. The molecule has 1 saturated carbocycles. The molecule has 0 aromatic rings. The quantitative estimate of drug-likeness (QED) is 0.680. The lowest BCUT2D eigenvalue weighted by atomic mass is 10.3. The van der Waals surface area contributed by atoms with Crippen LogP contribution in [0.5, 0.6) is 0 Å². The van der Waals surface area contributed by atoms with E-state index in [2.05, 4.69) is 8.80 Å². The van der Waals surface area contributed by atoms with Crippen molar-refractivity contribution in [3.8, 4) is 0 Å². The van der Waals surface area contributed by atoms with Crippen molar-refractivity contribution in [2.24, 2.45) is 0 Å². The first-order valence-corrected chi connectivity index (χ1v) is 5.36. The van der Waals surface area contributed by atoms with Gasteiger partial charge in [-0.1, -0.05) is 17.6 Å². The van der Waals surface area contributed by atoms with Gasteiger partial charge in [-0.3, -0.25) is 4.52 Å². The molecule has 0 amide bonds. The standard InChI is InChI=1S/C5H9ClFO4P/c6-10-12(8,11-7)9-5-3-1-2-4-5/h5H,1-4H2. The van der Waals surface area contributed by atoms with Crippen LogP contribution in [-0.2, 0) is 17.9 Å². The Morgan fingerprint density at radius 1 is 1.42 bits per heavy atom. The molecular weight excluding hydrogens is 209 g/mol. The van der Waals surface area contributed by atoms with Gasteiger partial charge >= 0.3 is 7.82 Å². The number of hydrogen-bond donors (Lipinski definition) is 0. The largest absolute Gasteiger partial charge is 0.522 e. The third kappa shape index (κ3) is 2.68. The monoisotopic (exact) mass is 218 g/mol. The van der Waals surface area contributed by atoms with Gasteiger partial charge in [-0.25, -0.2) is 4.57 Å². The Morgan fingerprint density at radius 3 is 2.42 bits per heavy atom. The number of hydrogen-bond acceptors (Lipinski definition) is 4. The van der Waals surface area contributed by atoms with E-state index >= 15 is 0 Å². The van der Waals surface area contributed by atoms with Crippen molar-refractivity contribution in [1.29, 1.82) is 0 Å². The average Bonchev–Trinajstić information content (AvgIpc) is 2.57. The SMILES string of the molecule is O=P(OF)(OCl)OC1CCCC1. The normalized spacial score (nSPS) is 24.2. The van der Waals surface area contributed by atoms with Crippen molar-refractivity contribution < 1.29 is 22.4 Å². The molecule has 12 heavy (non-hydrogen) atoms. The Kier molecular flexibility index (Phi) is 3.93. The van der Waals surface area contributed by atoms with E-state index in [1.807, 2.05) is 0 Å². The Labute approximate surface area is 74.6 Å². The average molecular weight is 219 g/mol. The summed E-state index contributed by atoms with van der Waals surface area (Å²) >= 11 is 4.73. The summed E-state index contributed by atoms with van der Waals surface area (Å²) in [4.78, 5) is 0. The zero-order valence-corrected chi connectivity index (χ0v) is 7.89. The fraction of sp³-hybridized carbons (Fsp3) is 1.00. The first-order valence-electron chi connectivity index (χ1n) is 3.59. The maximum Gasteiger partial charge on any atom is 0.522 e. The number of phosphoric acid groups is 1. The van der Waals surface area contributed by atoms with E-state index in [-0.39, 0.29) is 6.10 Å². The second-order valence-corrected chi connectivity index (χ2v) is 4.39.